The third kappa shape index (κ3) is 2.59. The Hall–Kier alpha value is -1.02. The summed E-state index contributed by atoms with van der Waals surface area (Å²) < 4.78 is 0. The van der Waals surface area contributed by atoms with E-state index < -0.39 is 0 Å². The van der Waals surface area contributed by atoms with Crippen LogP contribution in [0.1, 0.15) is 51.9 Å². The maximum atomic E-state index is 3.64. The van der Waals surface area contributed by atoms with Gasteiger partial charge in [0.05, 0.1) is 0 Å². The third-order valence-electron chi connectivity index (χ3n) is 6.17. The van der Waals surface area contributed by atoms with Gasteiger partial charge in [-0.1, -0.05) is 37.5 Å². The summed E-state index contributed by atoms with van der Waals surface area (Å²) in [5.74, 6) is 0.988. The molecule has 0 aromatic heterocycles. The Bertz CT molecular complexity index is 488. The van der Waals surface area contributed by atoms with Crippen LogP contribution in [0.3, 0.4) is 0 Å². The molecule has 116 valence electrons. The molecular weight excluding hydrogens is 256 g/mol. The zero-order valence-electron chi connectivity index (χ0n) is 13.1. The van der Waals surface area contributed by atoms with E-state index in [0.29, 0.717) is 5.41 Å². The highest BCUT2D eigenvalue weighted by Crippen LogP contribution is 2.44. The molecule has 0 unspecified atom stereocenters. The van der Waals surface area contributed by atoms with Crippen LogP contribution in [-0.4, -0.2) is 31.1 Å². The molecule has 2 nitrogen and oxygen atoms in total. The Balaban J connectivity index is 0.00000144. The number of piperidine rings is 1. The lowest BCUT2D eigenvalue weighted by Gasteiger charge is -2.41. The smallest absolute Gasteiger partial charge is 0.0379 e. The van der Waals surface area contributed by atoms with Crippen LogP contribution < -0.4 is 5.32 Å². The van der Waals surface area contributed by atoms with Crippen molar-refractivity contribution in [3.8, 4) is 0 Å². The van der Waals surface area contributed by atoms with Crippen LogP contribution in [-0.2, 0) is 5.41 Å². The quantitative estimate of drug-likeness (QED) is 0.873. The molecule has 2 heteroatoms. The van der Waals surface area contributed by atoms with E-state index in [9.17, 15) is 0 Å². The molecule has 1 saturated heterocycles. The summed E-state index contributed by atoms with van der Waals surface area (Å²) >= 11 is 0. The van der Waals surface area contributed by atoms with Crippen molar-refractivity contribution >= 4 is 5.69 Å². The molecule has 2 aliphatic heterocycles. The highest BCUT2D eigenvalue weighted by Gasteiger charge is 2.41. The van der Waals surface area contributed by atoms with Crippen molar-refractivity contribution < 1.29 is 1.43 Å². The van der Waals surface area contributed by atoms with Gasteiger partial charge in [-0.15, -0.1) is 0 Å². The summed E-state index contributed by atoms with van der Waals surface area (Å²) in [6, 6.07) is 8.97. The predicted octanol–water partition coefficient (Wildman–Crippen LogP) is 4.27. The number of benzene rings is 1. The SMILES string of the molecule is [HH].c1ccc2c(c1)NCC21CCN(CC2CCCCC2)CC1. The Morgan fingerprint density at radius 3 is 2.67 bits per heavy atom. The van der Waals surface area contributed by atoms with E-state index in [4.69, 9.17) is 0 Å². The average molecular weight is 286 g/mol. The zero-order chi connectivity index (χ0) is 14.1. The second kappa shape index (κ2) is 5.64. The van der Waals surface area contributed by atoms with Crippen molar-refractivity contribution in [1.82, 2.24) is 4.90 Å². The van der Waals surface area contributed by atoms with Gasteiger partial charge in [-0.2, -0.15) is 0 Å². The second-order valence-electron chi connectivity index (χ2n) is 7.48. The molecule has 0 bridgehead atoms. The fraction of sp³-hybridized carbons (Fsp3) is 0.684. The van der Waals surface area contributed by atoms with Crippen LogP contribution in [0.2, 0.25) is 0 Å². The number of para-hydroxylation sites is 1. The minimum Gasteiger partial charge on any atom is -0.384 e. The molecule has 21 heavy (non-hydrogen) atoms. The lowest BCUT2D eigenvalue weighted by atomic mass is 9.74. The molecule has 4 rings (SSSR count). The van der Waals surface area contributed by atoms with Crippen LogP contribution in [0.25, 0.3) is 0 Å². The van der Waals surface area contributed by atoms with Crippen molar-refractivity contribution in [3.63, 3.8) is 0 Å². The number of hydrogen-bond acceptors (Lipinski definition) is 2. The summed E-state index contributed by atoms with van der Waals surface area (Å²) in [4.78, 5) is 2.75. The molecule has 0 atom stereocenters. The molecule has 0 radical (unpaired) electrons. The van der Waals surface area contributed by atoms with E-state index in [1.807, 2.05) is 0 Å². The Morgan fingerprint density at radius 1 is 1.10 bits per heavy atom. The van der Waals surface area contributed by atoms with Crippen molar-refractivity contribution in [3.05, 3.63) is 29.8 Å². The van der Waals surface area contributed by atoms with Crippen LogP contribution >= 0.6 is 0 Å². The first-order valence-corrected chi connectivity index (χ1v) is 8.91. The van der Waals surface area contributed by atoms with Gasteiger partial charge in [0.2, 0.25) is 0 Å². The normalized spacial score (nSPS) is 25.7. The minimum atomic E-state index is 0. The molecular formula is C19H30N2. The highest BCUT2D eigenvalue weighted by atomic mass is 15.1. The molecule has 2 fully saturated rings. The van der Waals surface area contributed by atoms with Gasteiger partial charge in [0.25, 0.3) is 0 Å². The molecule has 2 heterocycles. The van der Waals surface area contributed by atoms with Gasteiger partial charge < -0.3 is 10.2 Å². The van der Waals surface area contributed by atoms with E-state index in [1.165, 1.54) is 70.3 Å². The van der Waals surface area contributed by atoms with E-state index in [1.54, 1.807) is 5.56 Å². The molecule has 1 aromatic carbocycles. The lowest BCUT2D eigenvalue weighted by Crippen LogP contribution is -2.45. The fourth-order valence-corrected chi connectivity index (χ4v) is 4.80. The summed E-state index contributed by atoms with van der Waals surface area (Å²) in [6.07, 6.45) is 10.0. The van der Waals surface area contributed by atoms with E-state index in [2.05, 4.69) is 34.5 Å². The second-order valence-corrected chi connectivity index (χ2v) is 7.48. The number of rotatable bonds is 2. The maximum Gasteiger partial charge on any atom is 0.0379 e. The van der Waals surface area contributed by atoms with Crippen LogP contribution in [0.5, 0.6) is 0 Å². The number of hydrogen-bond donors (Lipinski definition) is 1. The van der Waals surface area contributed by atoms with Crippen molar-refractivity contribution in [2.45, 2.75) is 50.4 Å². The Labute approximate surface area is 130 Å². The van der Waals surface area contributed by atoms with Gasteiger partial charge in [-0.05, 0) is 56.3 Å². The van der Waals surface area contributed by atoms with E-state index in [0.717, 1.165) is 12.5 Å². The topological polar surface area (TPSA) is 15.3 Å². The van der Waals surface area contributed by atoms with Gasteiger partial charge in [-0.3, -0.25) is 0 Å². The maximum absolute atomic E-state index is 3.64. The van der Waals surface area contributed by atoms with E-state index >= 15 is 0 Å². The van der Waals surface area contributed by atoms with Gasteiger partial charge >= 0.3 is 0 Å². The molecule has 3 aliphatic rings. The number of likely N-dealkylation sites (tertiary alicyclic amines) is 1. The first-order valence-electron chi connectivity index (χ1n) is 8.91. The molecule has 1 spiro atoms. The van der Waals surface area contributed by atoms with Gasteiger partial charge in [0.1, 0.15) is 0 Å². The van der Waals surface area contributed by atoms with Gasteiger partial charge in [0, 0.05) is 25.6 Å². The van der Waals surface area contributed by atoms with Crippen molar-refractivity contribution in [1.29, 1.82) is 0 Å². The summed E-state index contributed by atoms with van der Waals surface area (Å²) in [7, 11) is 0. The van der Waals surface area contributed by atoms with Crippen molar-refractivity contribution in [2.75, 3.05) is 31.5 Å². The van der Waals surface area contributed by atoms with Crippen LogP contribution in [0.4, 0.5) is 5.69 Å². The van der Waals surface area contributed by atoms with E-state index in [-0.39, 0.29) is 1.43 Å². The number of anilines is 1. The average Bonchev–Trinajstić information content (AvgIpc) is 2.90. The monoisotopic (exact) mass is 286 g/mol. The first kappa shape index (κ1) is 13.6. The van der Waals surface area contributed by atoms with Crippen LogP contribution in [0.15, 0.2) is 24.3 Å². The summed E-state index contributed by atoms with van der Waals surface area (Å²) in [5.41, 5.74) is 3.40. The molecule has 1 aromatic rings. The number of fused-ring (bicyclic) bond motifs is 2. The summed E-state index contributed by atoms with van der Waals surface area (Å²) in [5, 5.41) is 3.64. The zero-order valence-corrected chi connectivity index (χ0v) is 13.1. The Morgan fingerprint density at radius 2 is 1.86 bits per heavy atom. The highest BCUT2D eigenvalue weighted by molar-refractivity contribution is 5.60. The predicted molar refractivity (Wildman–Crippen MR) is 91.0 cm³/mol. The van der Waals surface area contributed by atoms with Crippen LogP contribution in [0, 0.1) is 5.92 Å². The minimum absolute atomic E-state index is 0. The summed E-state index contributed by atoms with van der Waals surface area (Å²) in [6.45, 7) is 5.12. The number of nitrogens with zero attached hydrogens (tertiary/aromatic N) is 1. The third-order valence-corrected chi connectivity index (χ3v) is 6.17. The first-order chi connectivity index (χ1) is 10.4. The lowest BCUT2D eigenvalue weighted by molar-refractivity contribution is 0.135. The molecule has 0 amide bonds. The molecule has 1 N–H and O–H groups in total. The van der Waals surface area contributed by atoms with Gasteiger partial charge in [-0.25, -0.2) is 0 Å². The number of nitrogens with one attached hydrogen (secondary N) is 1. The molecule has 1 aliphatic carbocycles. The standard InChI is InChI=1S/C19H28N2.H2/c1-2-6-16(7-3-1)14-21-12-10-19(11-13-21)15-20-18-9-5-4-8-17(18)19;/h4-5,8-9,16,20H,1-3,6-7,10-15H2;1H. The fourth-order valence-electron chi connectivity index (χ4n) is 4.80. The largest absolute Gasteiger partial charge is 0.384 e. The van der Waals surface area contributed by atoms with Gasteiger partial charge in [0.15, 0.2) is 0 Å². The Kier molecular flexibility index (Phi) is 3.66. The van der Waals surface area contributed by atoms with Crippen molar-refractivity contribution in [2.24, 2.45) is 5.92 Å². The molecule has 1 saturated carbocycles.